The zero-order valence-corrected chi connectivity index (χ0v) is 6.26. The molecule has 0 aliphatic carbocycles. The van der Waals surface area contributed by atoms with Crippen LogP contribution in [0.25, 0.3) is 10.9 Å². The standard InChI is InChI=1S/C8H9N3/c1-5-2-6-7(9)3-10-4-8(6)11-5/h2-4,11H,9H2,1H3. The number of aryl methyl sites for hydroxylation is 1. The van der Waals surface area contributed by atoms with Crippen molar-refractivity contribution in [3.05, 3.63) is 24.2 Å². The van der Waals surface area contributed by atoms with Crippen molar-refractivity contribution >= 4 is 16.6 Å². The molecule has 3 N–H and O–H groups in total. The third-order valence-corrected chi connectivity index (χ3v) is 1.71. The molecule has 0 radical (unpaired) electrons. The Labute approximate surface area is 64.2 Å². The average molecular weight is 147 g/mol. The van der Waals surface area contributed by atoms with Gasteiger partial charge in [-0.15, -0.1) is 0 Å². The summed E-state index contributed by atoms with van der Waals surface area (Å²) in [5.74, 6) is 0. The summed E-state index contributed by atoms with van der Waals surface area (Å²) in [6, 6.07) is 2.02. The fraction of sp³-hybridized carbons (Fsp3) is 0.125. The van der Waals surface area contributed by atoms with Gasteiger partial charge < -0.3 is 10.7 Å². The van der Waals surface area contributed by atoms with Crippen LogP contribution in [0.1, 0.15) is 5.69 Å². The van der Waals surface area contributed by atoms with E-state index in [-0.39, 0.29) is 0 Å². The maximum atomic E-state index is 5.69. The van der Waals surface area contributed by atoms with E-state index in [1.807, 2.05) is 13.0 Å². The maximum Gasteiger partial charge on any atom is 0.0663 e. The van der Waals surface area contributed by atoms with Crippen molar-refractivity contribution in [2.45, 2.75) is 6.92 Å². The highest BCUT2D eigenvalue weighted by molar-refractivity contribution is 5.90. The summed E-state index contributed by atoms with van der Waals surface area (Å²) in [5.41, 5.74) is 8.53. The van der Waals surface area contributed by atoms with Crippen LogP contribution in [-0.4, -0.2) is 9.97 Å². The molecule has 56 valence electrons. The van der Waals surface area contributed by atoms with Gasteiger partial charge >= 0.3 is 0 Å². The lowest BCUT2D eigenvalue weighted by Crippen LogP contribution is -1.85. The highest BCUT2D eigenvalue weighted by atomic mass is 14.8. The number of pyridine rings is 1. The van der Waals surface area contributed by atoms with E-state index >= 15 is 0 Å². The van der Waals surface area contributed by atoms with Crippen molar-refractivity contribution < 1.29 is 0 Å². The first kappa shape index (κ1) is 6.22. The van der Waals surface area contributed by atoms with Crippen LogP contribution < -0.4 is 5.73 Å². The van der Waals surface area contributed by atoms with E-state index in [4.69, 9.17) is 5.73 Å². The highest BCUT2D eigenvalue weighted by Gasteiger charge is 1.99. The zero-order chi connectivity index (χ0) is 7.84. The van der Waals surface area contributed by atoms with Gasteiger partial charge in [0, 0.05) is 11.1 Å². The lowest BCUT2D eigenvalue weighted by Gasteiger charge is -1.91. The van der Waals surface area contributed by atoms with E-state index in [0.29, 0.717) is 0 Å². The summed E-state index contributed by atoms with van der Waals surface area (Å²) in [7, 11) is 0. The average Bonchev–Trinajstić information content (AvgIpc) is 2.31. The van der Waals surface area contributed by atoms with Crippen LogP contribution >= 0.6 is 0 Å². The Morgan fingerprint density at radius 3 is 3.00 bits per heavy atom. The van der Waals surface area contributed by atoms with Crippen molar-refractivity contribution in [3.8, 4) is 0 Å². The van der Waals surface area contributed by atoms with Gasteiger partial charge in [-0.05, 0) is 13.0 Å². The molecule has 2 aromatic rings. The van der Waals surface area contributed by atoms with E-state index in [1.54, 1.807) is 12.4 Å². The third kappa shape index (κ3) is 0.852. The van der Waals surface area contributed by atoms with Crippen molar-refractivity contribution in [3.63, 3.8) is 0 Å². The van der Waals surface area contributed by atoms with Crippen LogP contribution in [0.3, 0.4) is 0 Å². The molecule has 0 aliphatic rings. The van der Waals surface area contributed by atoms with Gasteiger partial charge in [0.1, 0.15) is 0 Å². The molecule has 0 amide bonds. The molecule has 0 atom stereocenters. The van der Waals surface area contributed by atoms with Crippen molar-refractivity contribution in [2.24, 2.45) is 0 Å². The molecule has 0 unspecified atom stereocenters. The summed E-state index contributed by atoms with van der Waals surface area (Å²) in [6.45, 7) is 2.00. The van der Waals surface area contributed by atoms with Gasteiger partial charge in [-0.3, -0.25) is 4.98 Å². The topological polar surface area (TPSA) is 54.7 Å². The Kier molecular flexibility index (Phi) is 1.12. The molecule has 2 rings (SSSR count). The molecule has 0 aliphatic heterocycles. The monoisotopic (exact) mass is 147 g/mol. The molecule has 3 heteroatoms. The fourth-order valence-electron chi connectivity index (χ4n) is 1.21. The third-order valence-electron chi connectivity index (χ3n) is 1.71. The fourth-order valence-corrected chi connectivity index (χ4v) is 1.21. The first-order valence-electron chi connectivity index (χ1n) is 3.46. The van der Waals surface area contributed by atoms with Crippen LogP contribution in [0, 0.1) is 6.92 Å². The number of nitrogens with zero attached hydrogens (tertiary/aromatic N) is 1. The summed E-state index contributed by atoms with van der Waals surface area (Å²) >= 11 is 0. The van der Waals surface area contributed by atoms with E-state index < -0.39 is 0 Å². The summed E-state index contributed by atoms with van der Waals surface area (Å²) in [6.07, 6.45) is 3.44. The molecule has 2 aromatic heterocycles. The number of anilines is 1. The minimum Gasteiger partial charge on any atom is -0.397 e. The Bertz CT molecular complexity index is 389. The van der Waals surface area contributed by atoms with Crippen molar-refractivity contribution in [1.29, 1.82) is 0 Å². The molecule has 2 heterocycles. The van der Waals surface area contributed by atoms with E-state index in [0.717, 1.165) is 22.3 Å². The molecule has 0 saturated heterocycles. The lowest BCUT2D eigenvalue weighted by atomic mass is 10.3. The second-order valence-electron chi connectivity index (χ2n) is 2.64. The molecular formula is C8H9N3. The molecular weight excluding hydrogens is 138 g/mol. The minimum absolute atomic E-state index is 0.729. The van der Waals surface area contributed by atoms with Gasteiger partial charge in [0.15, 0.2) is 0 Å². The predicted octanol–water partition coefficient (Wildman–Crippen LogP) is 1.45. The molecule has 0 aromatic carbocycles. The van der Waals surface area contributed by atoms with Crippen LogP contribution in [0.5, 0.6) is 0 Å². The predicted molar refractivity (Wildman–Crippen MR) is 45.2 cm³/mol. The van der Waals surface area contributed by atoms with E-state index in [2.05, 4.69) is 9.97 Å². The highest BCUT2D eigenvalue weighted by Crippen LogP contribution is 2.19. The molecule has 0 fully saturated rings. The second-order valence-corrected chi connectivity index (χ2v) is 2.64. The Morgan fingerprint density at radius 1 is 1.45 bits per heavy atom. The SMILES string of the molecule is Cc1cc2c(N)cncc2[nH]1. The molecule has 0 bridgehead atoms. The number of aromatic amines is 1. The molecule has 0 spiro atoms. The molecule has 11 heavy (non-hydrogen) atoms. The van der Waals surface area contributed by atoms with Gasteiger partial charge in [0.05, 0.1) is 23.6 Å². The summed E-state index contributed by atoms with van der Waals surface area (Å²) in [4.78, 5) is 7.13. The first-order chi connectivity index (χ1) is 5.27. The summed E-state index contributed by atoms with van der Waals surface area (Å²) < 4.78 is 0. The number of H-pyrrole nitrogens is 1. The van der Waals surface area contributed by atoms with Gasteiger partial charge in [0.2, 0.25) is 0 Å². The van der Waals surface area contributed by atoms with Crippen LogP contribution in [-0.2, 0) is 0 Å². The number of hydrogen-bond acceptors (Lipinski definition) is 2. The smallest absolute Gasteiger partial charge is 0.0663 e. The Hall–Kier alpha value is -1.51. The number of fused-ring (bicyclic) bond motifs is 1. The van der Waals surface area contributed by atoms with Crippen molar-refractivity contribution in [2.75, 3.05) is 5.73 Å². The Balaban J connectivity index is 2.90. The van der Waals surface area contributed by atoms with Crippen LogP contribution in [0.4, 0.5) is 5.69 Å². The number of hydrogen-bond donors (Lipinski definition) is 2. The number of nitrogens with one attached hydrogen (secondary N) is 1. The number of nitrogen functional groups attached to an aromatic ring is 1. The number of aromatic nitrogens is 2. The van der Waals surface area contributed by atoms with E-state index in [9.17, 15) is 0 Å². The van der Waals surface area contributed by atoms with Gasteiger partial charge in [-0.2, -0.15) is 0 Å². The minimum atomic E-state index is 0.729. The maximum absolute atomic E-state index is 5.69. The molecule has 0 saturated carbocycles. The van der Waals surface area contributed by atoms with Gasteiger partial charge in [0.25, 0.3) is 0 Å². The number of nitrogens with two attached hydrogens (primary N) is 1. The normalized spacial score (nSPS) is 10.6. The van der Waals surface area contributed by atoms with E-state index in [1.165, 1.54) is 0 Å². The van der Waals surface area contributed by atoms with Crippen LogP contribution in [0.2, 0.25) is 0 Å². The second kappa shape index (κ2) is 1.99. The quantitative estimate of drug-likeness (QED) is 0.592. The zero-order valence-electron chi connectivity index (χ0n) is 6.26. The summed E-state index contributed by atoms with van der Waals surface area (Å²) in [5, 5.41) is 1.05. The number of rotatable bonds is 0. The first-order valence-corrected chi connectivity index (χ1v) is 3.46. The van der Waals surface area contributed by atoms with Gasteiger partial charge in [-0.25, -0.2) is 0 Å². The largest absolute Gasteiger partial charge is 0.397 e. The molecule has 3 nitrogen and oxygen atoms in total. The lowest BCUT2D eigenvalue weighted by molar-refractivity contribution is 1.28. The van der Waals surface area contributed by atoms with Gasteiger partial charge in [-0.1, -0.05) is 0 Å². The Morgan fingerprint density at radius 2 is 2.27 bits per heavy atom. The van der Waals surface area contributed by atoms with Crippen molar-refractivity contribution in [1.82, 2.24) is 9.97 Å². The van der Waals surface area contributed by atoms with Crippen LogP contribution in [0.15, 0.2) is 18.5 Å².